The van der Waals surface area contributed by atoms with E-state index in [0.29, 0.717) is 12.8 Å². The average Bonchev–Trinajstić information content (AvgIpc) is 2.15. The summed E-state index contributed by atoms with van der Waals surface area (Å²) in [5, 5.41) is 6.74. The Bertz CT molecular complexity index is 324. The molecule has 3 nitrogen and oxygen atoms in total. The first-order chi connectivity index (χ1) is 6.68. The summed E-state index contributed by atoms with van der Waals surface area (Å²) < 4.78 is 0. The maximum atomic E-state index is 11.2. The van der Waals surface area contributed by atoms with Crippen molar-refractivity contribution in [3.05, 3.63) is 35.9 Å². The minimum atomic E-state index is -0.136. The lowest BCUT2D eigenvalue weighted by atomic mass is 10.1. The van der Waals surface area contributed by atoms with Crippen LogP contribution in [0.15, 0.2) is 30.3 Å². The summed E-state index contributed by atoms with van der Waals surface area (Å²) >= 11 is 0.796. The van der Waals surface area contributed by atoms with Gasteiger partial charge in [0.05, 0.1) is 0 Å². The molecule has 0 aliphatic rings. The third kappa shape index (κ3) is 4.09. The number of carbonyl (C=O) groups is 1. The zero-order chi connectivity index (χ0) is 10.4. The van der Waals surface area contributed by atoms with E-state index in [4.69, 9.17) is 11.1 Å². The van der Waals surface area contributed by atoms with Gasteiger partial charge in [-0.05, 0) is 23.7 Å². The minimum absolute atomic E-state index is 0.0543. The zero-order valence-corrected chi connectivity index (χ0v) is 8.51. The molecule has 0 saturated heterocycles. The van der Waals surface area contributed by atoms with Crippen molar-refractivity contribution in [2.45, 2.75) is 12.8 Å². The number of hydrogen-bond acceptors (Lipinski definition) is 3. The number of amidine groups is 1. The highest BCUT2D eigenvalue weighted by atomic mass is 32.2. The van der Waals surface area contributed by atoms with Gasteiger partial charge in [-0.15, -0.1) is 0 Å². The normalized spacial score (nSPS) is 9.71. The number of carbonyl (C=O) groups excluding carboxylic acids is 1. The molecule has 0 aromatic heterocycles. The van der Waals surface area contributed by atoms with Crippen LogP contribution in [0.25, 0.3) is 0 Å². The fraction of sp³-hybridized carbons (Fsp3) is 0.200. The number of thioether (sulfide) groups is 1. The molecule has 0 aliphatic heterocycles. The van der Waals surface area contributed by atoms with Crippen LogP contribution in [-0.2, 0) is 11.2 Å². The molecule has 0 radical (unpaired) electrons. The van der Waals surface area contributed by atoms with Crippen LogP contribution < -0.4 is 5.73 Å². The molecule has 0 amide bonds. The van der Waals surface area contributed by atoms with Crippen LogP contribution in [0.1, 0.15) is 12.0 Å². The minimum Gasteiger partial charge on any atom is -0.378 e. The first-order valence-electron chi connectivity index (χ1n) is 4.27. The lowest BCUT2D eigenvalue weighted by Gasteiger charge is -1.99. The Morgan fingerprint density at radius 3 is 2.57 bits per heavy atom. The molecule has 1 aromatic rings. The molecule has 0 spiro atoms. The van der Waals surface area contributed by atoms with E-state index in [1.54, 1.807) is 0 Å². The topological polar surface area (TPSA) is 66.9 Å². The molecular weight excluding hydrogens is 196 g/mol. The highest BCUT2D eigenvalue weighted by Crippen LogP contribution is 2.08. The van der Waals surface area contributed by atoms with Gasteiger partial charge in [0.25, 0.3) is 0 Å². The van der Waals surface area contributed by atoms with Crippen LogP contribution in [0.4, 0.5) is 0 Å². The van der Waals surface area contributed by atoms with Crippen molar-refractivity contribution in [1.29, 1.82) is 5.41 Å². The predicted molar refractivity (Wildman–Crippen MR) is 59.3 cm³/mol. The van der Waals surface area contributed by atoms with Crippen molar-refractivity contribution >= 4 is 22.0 Å². The summed E-state index contributed by atoms with van der Waals surface area (Å²) in [4.78, 5) is 11.2. The molecule has 0 fully saturated rings. The van der Waals surface area contributed by atoms with E-state index in [9.17, 15) is 4.79 Å². The Morgan fingerprint density at radius 1 is 1.36 bits per heavy atom. The number of aryl methyl sites for hydroxylation is 1. The summed E-state index contributed by atoms with van der Waals surface area (Å²) in [6.07, 6.45) is 1.13. The number of hydrogen-bond donors (Lipinski definition) is 2. The Kier molecular flexibility index (Phi) is 4.19. The molecule has 3 N–H and O–H groups in total. The van der Waals surface area contributed by atoms with Gasteiger partial charge in [-0.25, -0.2) is 0 Å². The first-order valence-corrected chi connectivity index (χ1v) is 5.09. The van der Waals surface area contributed by atoms with Crippen molar-refractivity contribution in [2.24, 2.45) is 5.73 Å². The number of benzene rings is 1. The van der Waals surface area contributed by atoms with Gasteiger partial charge in [0, 0.05) is 6.42 Å². The summed E-state index contributed by atoms with van der Waals surface area (Å²) in [5.74, 6) is 0. The van der Waals surface area contributed by atoms with Crippen LogP contribution in [0, 0.1) is 5.41 Å². The van der Waals surface area contributed by atoms with Gasteiger partial charge in [0.2, 0.25) is 0 Å². The maximum absolute atomic E-state index is 11.2. The van der Waals surface area contributed by atoms with Crippen LogP contribution in [0.5, 0.6) is 0 Å². The molecule has 1 rings (SSSR count). The van der Waals surface area contributed by atoms with E-state index in [1.807, 2.05) is 30.3 Å². The summed E-state index contributed by atoms with van der Waals surface area (Å²) in [6.45, 7) is 0. The summed E-state index contributed by atoms with van der Waals surface area (Å²) in [7, 11) is 0. The van der Waals surface area contributed by atoms with Crippen molar-refractivity contribution in [3.8, 4) is 0 Å². The van der Waals surface area contributed by atoms with E-state index in [2.05, 4.69) is 0 Å². The van der Waals surface area contributed by atoms with Gasteiger partial charge >= 0.3 is 0 Å². The molecule has 14 heavy (non-hydrogen) atoms. The number of nitrogens with one attached hydrogen (secondary N) is 1. The molecule has 0 unspecified atom stereocenters. The van der Waals surface area contributed by atoms with E-state index < -0.39 is 0 Å². The zero-order valence-electron chi connectivity index (χ0n) is 7.69. The molecule has 0 saturated carbocycles. The quantitative estimate of drug-likeness (QED) is 0.587. The second-order valence-electron chi connectivity index (χ2n) is 2.82. The molecule has 0 atom stereocenters. The molecule has 0 bridgehead atoms. The number of rotatable bonds is 3. The molecule has 4 heteroatoms. The lowest BCUT2D eigenvalue weighted by Crippen LogP contribution is -2.08. The summed E-state index contributed by atoms with van der Waals surface area (Å²) in [6, 6.07) is 9.78. The molecule has 74 valence electrons. The summed E-state index contributed by atoms with van der Waals surface area (Å²) in [5.41, 5.74) is 6.22. The fourth-order valence-corrected chi connectivity index (χ4v) is 1.51. The number of nitrogens with two attached hydrogens (primary N) is 1. The van der Waals surface area contributed by atoms with E-state index in [1.165, 1.54) is 0 Å². The van der Waals surface area contributed by atoms with Crippen LogP contribution in [0.3, 0.4) is 0 Å². The molecule has 1 aromatic carbocycles. The van der Waals surface area contributed by atoms with Gasteiger partial charge in [-0.2, -0.15) is 0 Å². The van der Waals surface area contributed by atoms with Gasteiger partial charge in [0.15, 0.2) is 10.3 Å². The fourth-order valence-electron chi connectivity index (χ4n) is 1.06. The Hall–Kier alpha value is -1.29. The smallest absolute Gasteiger partial charge is 0.196 e. The second kappa shape index (κ2) is 5.44. The van der Waals surface area contributed by atoms with Gasteiger partial charge in [0.1, 0.15) is 0 Å². The van der Waals surface area contributed by atoms with Crippen molar-refractivity contribution < 1.29 is 4.79 Å². The average molecular weight is 208 g/mol. The lowest BCUT2D eigenvalue weighted by molar-refractivity contribution is -0.110. The molecule has 0 heterocycles. The molecular formula is C10H12N2OS. The Labute approximate surface area is 87.2 Å². The standard InChI is InChI=1S/C10H12N2OS/c11-10(12)14-9(13)7-6-8-4-2-1-3-5-8/h1-5H,6-7H2,(H3,11,12). The largest absolute Gasteiger partial charge is 0.378 e. The second-order valence-corrected chi connectivity index (χ2v) is 3.92. The van der Waals surface area contributed by atoms with E-state index in [-0.39, 0.29) is 10.3 Å². The van der Waals surface area contributed by atoms with E-state index in [0.717, 1.165) is 17.3 Å². The Balaban J connectivity index is 2.34. The van der Waals surface area contributed by atoms with Crippen LogP contribution in [-0.4, -0.2) is 10.3 Å². The first kappa shape index (κ1) is 10.8. The third-order valence-electron chi connectivity index (χ3n) is 1.68. The van der Waals surface area contributed by atoms with Gasteiger partial charge in [-0.3, -0.25) is 10.2 Å². The highest BCUT2D eigenvalue weighted by Gasteiger charge is 2.04. The maximum Gasteiger partial charge on any atom is 0.196 e. The monoisotopic (exact) mass is 208 g/mol. The van der Waals surface area contributed by atoms with Crippen LogP contribution >= 0.6 is 11.8 Å². The van der Waals surface area contributed by atoms with E-state index >= 15 is 0 Å². The highest BCUT2D eigenvalue weighted by molar-refractivity contribution is 8.26. The Morgan fingerprint density at radius 2 is 2.00 bits per heavy atom. The van der Waals surface area contributed by atoms with Crippen molar-refractivity contribution in [1.82, 2.24) is 0 Å². The predicted octanol–water partition coefficient (Wildman–Crippen LogP) is 1.77. The molecule has 0 aliphatic carbocycles. The van der Waals surface area contributed by atoms with Gasteiger partial charge < -0.3 is 5.73 Å². The van der Waals surface area contributed by atoms with Crippen molar-refractivity contribution in [2.75, 3.05) is 0 Å². The van der Waals surface area contributed by atoms with Crippen LogP contribution in [0.2, 0.25) is 0 Å². The SMILES string of the molecule is N=C(N)SC(=O)CCc1ccccc1. The van der Waals surface area contributed by atoms with Gasteiger partial charge in [-0.1, -0.05) is 30.3 Å². The third-order valence-corrected chi connectivity index (χ3v) is 2.34. The van der Waals surface area contributed by atoms with Crippen molar-refractivity contribution in [3.63, 3.8) is 0 Å².